The summed E-state index contributed by atoms with van der Waals surface area (Å²) in [4.78, 5) is 18.6. The lowest BCUT2D eigenvalue weighted by Crippen LogP contribution is -2.49. The van der Waals surface area contributed by atoms with Gasteiger partial charge in [-0.15, -0.1) is 4.40 Å². The number of hydrogen-bond donors (Lipinski definition) is 0. The number of anilines is 2. The fraction of sp³-hybridized carbons (Fsp3) is 0.391. The van der Waals surface area contributed by atoms with Gasteiger partial charge in [0.25, 0.3) is 15.9 Å². The molecule has 170 valence electrons. The Balaban J connectivity index is 1.55. The minimum absolute atomic E-state index is 0.0552. The second-order valence-electron chi connectivity index (χ2n) is 8.53. The molecule has 2 heterocycles. The average Bonchev–Trinajstić information content (AvgIpc) is 2.76. The quantitative estimate of drug-likeness (QED) is 0.702. The van der Waals surface area contributed by atoms with E-state index < -0.39 is 10.0 Å². The molecule has 0 atom stereocenters. The van der Waals surface area contributed by atoms with Gasteiger partial charge < -0.3 is 14.7 Å². The number of amides is 1. The summed E-state index contributed by atoms with van der Waals surface area (Å²) in [6, 6.07) is 11.4. The number of para-hydroxylation sites is 1. The number of sulfonamides is 1. The maximum atomic E-state index is 14.1. The van der Waals surface area contributed by atoms with E-state index in [-0.39, 0.29) is 16.6 Å². The Bertz CT molecular complexity index is 1170. The number of benzene rings is 2. The predicted octanol–water partition coefficient (Wildman–Crippen LogP) is 3.37. The van der Waals surface area contributed by atoms with Crippen molar-refractivity contribution in [3.8, 4) is 0 Å². The van der Waals surface area contributed by atoms with Crippen LogP contribution < -0.4 is 9.80 Å². The van der Waals surface area contributed by atoms with Crippen LogP contribution >= 0.6 is 0 Å². The van der Waals surface area contributed by atoms with Crippen LogP contribution in [0.15, 0.2) is 51.8 Å². The number of nitrogens with zero attached hydrogens (tertiary/aromatic N) is 4. The summed E-state index contributed by atoms with van der Waals surface area (Å²) in [5.41, 5.74) is 1.39. The first kappa shape index (κ1) is 22.3. The molecular formula is C23H27FN4O3S. The summed E-state index contributed by atoms with van der Waals surface area (Å²) in [6.45, 7) is 8.26. The van der Waals surface area contributed by atoms with Crippen molar-refractivity contribution in [1.29, 1.82) is 0 Å². The highest BCUT2D eigenvalue weighted by Crippen LogP contribution is 2.33. The van der Waals surface area contributed by atoms with Crippen molar-refractivity contribution in [1.82, 2.24) is 4.90 Å². The van der Waals surface area contributed by atoms with Crippen molar-refractivity contribution in [2.75, 3.05) is 42.5 Å². The van der Waals surface area contributed by atoms with Gasteiger partial charge in [0.15, 0.2) is 0 Å². The van der Waals surface area contributed by atoms with Gasteiger partial charge in [0, 0.05) is 38.3 Å². The van der Waals surface area contributed by atoms with Gasteiger partial charge in [-0.2, -0.15) is 8.42 Å². The molecule has 0 aromatic heterocycles. The van der Waals surface area contributed by atoms with Crippen LogP contribution in [0.1, 0.15) is 31.1 Å². The molecule has 1 amide bonds. The highest BCUT2D eigenvalue weighted by atomic mass is 32.2. The summed E-state index contributed by atoms with van der Waals surface area (Å²) < 4.78 is 43.4. The number of carbonyl (C=O) groups excluding carboxylic acids is 1. The first-order valence-corrected chi connectivity index (χ1v) is 12.1. The normalized spacial score (nSPS) is 17.9. The predicted molar refractivity (Wildman–Crippen MR) is 123 cm³/mol. The monoisotopic (exact) mass is 458 g/mol. The smallest absolute Gasteiger partial charge is 0.286 e. The van der Waals surface area contributed by atoms with Gasteiger partial charge in [0.1, 0.15) is 16.5 Å². The fourth-order valence-corrected chi connectivity index (χ4v) is 5.42. The highest BCUT2D eigenvalue weighted by molar-refractivity contribution is 7.90. The van der Waals surface area contributed by atoms with Crippen LogP contribution in [0.2, 0.25) is 0 Å². The number of piperazine rings is 1. The third-order valence-electron chi connectivity index (χ3n) is 5.73. The Labute approximate surface area is 188 Å². The molecule has 2 aliphatic heterocycles. The Hall–Kier alpha value is -2.94. The number of amidine groups is 1. The van der Waals surface area contributed by atoms with E-state index in [1.54, 1.807) is 42.2 Å². The van der Waals surface area contributed by atoms with Crippen molar-refractivity contribution in [2.45, 2.75) is 25.7 Å². The van der Waals surface area contributed by atoms with Crippen molar-refractivity contribution in [2.24, 2.45) is 10.3 Å². The molecule has 0 saturated carbocycles. The largest absolute Gasteiger partial charge is 0.366 e. The molecule has 7 nitrogen and oxygen atoms in total. The van der Waals surface area contributed by atoms with Gasteiger partial charge >= 0.3 is 0 Å². The van der Waals surface area contributed by atoms with Crippen LogP contribution in [0.25, 0.3) is 0 Å². The van der Waals surface area contributed by atoms with Crippen LogP contribution in [0, 0.1) is 11.7 Å². The van der Waals surface area contributed by atoms with E-state index in [0.29, 0.717) is 61.4 Å². The number of hydrogen-bond acceptors (Lipinski definition) is 5. The molecule has 9 heteroatoms. The molecule has 32 heavy (non-hydrogen) atoms. The number of carbonyl (C=O) groups is 1. The lowest BCUT2D eigenvalue weighted by atomic mass is 10.1. The molecule has 0 aliphatic carbocycles. The molecule has 2 aromatic carbocycles. The van der Waals surface area contributed by atoms with Gasteiger partial charge in [-0.3, -0.25) is 4.79 Å². The second-order valence-corrected chi connectivity index (χ2v) is 10.1. The number of rotatable bonds is 4. The van der Waals surface area contributed by atoms with Crippen LogP contribution in [0.3, 0.4) is 0 Å². The number of halogens is 1. The molecule has 1 saturated heterocycles. The maximum absolute atomic E-state index is 14.1. The molecule has 0 radical (unpaired) electrons. The van der Waals surface area contributed by atoms with Crippen molar-refractivity contribution < 1.29 is 17.6 Å². The van der Waals surface area contributed by atoms with Crippen LogP contribution in [0.5, 0.6) is 0 Å². The van der Waals surface area contributed by atoms with Gasteiger partial charge in [-0.05, 0) is 43.2 Å². The molecular weight excluding hydrogens is 431 g/mol. The van der Waals surface area contributed by atoms with Gasteiger partial charge in [0.05, 0.1) is 11.4 Å². The molecule has 0 unspecified atom stereocenters. The van der Waals surface area contributed by atoms with E-state index >= 15 is 0 Å². The summed E-state index contributed by atoms with van der Waals surface area (Å²) in [7, 11) is -3.87. The number of fused-ring (bicyclic) bond motifs is 1. The van der Waals surface area contributed by atoms with E-state index in [4.69, 9.17) is 0 Å². The van der Waals surface area contributed by atoms with Gasteiger partial charge in [0.2, 0.25) is 0 Å². The average molecular weight is 459 g/mol. The first-order chi connectivity index (χ1) is 15.2. The minimum Gasteiger partial charge on any atom is -0.366 e. The van der Waals surface area contributed by atoms with E-state index in [1.807, 2.05) is 9.80 Å². The summed E-state index contributed by atoms with van der Waals surface area (Å²) in [5.74, 6) is 0.210. The van der Waals surface area contributed by atoms with Gasteiger partial charge in [-0.1, -0.05) is 26.0 Å². The van der Waals surface area contributed by atoms with Crippen molar-refractivity contribution in [3.63, 3.8) is 0 Å². The van der Waals surface area contributed by atoms with Crippen LogP contribution in [0.4, 0.5) is 15.8 Å². The van der Waals surface area contributed by atoms with E-state index in [2.05, 4.69) is 18.2 Å². The zero-order valence-electron chi connectivity index (χ0n) is 18.5. The summed E-state index contributed by atoms with van der Waals surface area (Å²) in [6.07, 6.45) is 0. The standard InChI is InChI=1S/C23H27FN4O3S/c1-16(2)15-28-17(3)25-32(30,31)22-14-18(8-9-21(22)28)23(29)27-12-10-26(11-13-27)20-7-5-4-6-19(20)24/h4-9,14,16H,10-13,15H2,1-3H3. The molecule has 0 N–H and O–H groups in total. The van der Waals surface area contributed by atoms with Gasteiger partial charge in [-0.25, -0.2) is 4.39 Å². The zero-order chi connectivity index (χ0) is 23.0. The van der Waals surface area contributed by atoms with Crippen molar-refractivity contribution >= 4 is 33.1 Å². The Morgan fingerprint density at radius 2 is 1.75 bits per heavy atom. The van der Waals surface area contributed by atoms with Crippen LogP contribution in [-0.4, -0.2) is 57.8 Å². The molecule has 0 spiro atoms. The third-order valence-corrected chi connectivity index (χ3v) is 7.11. The topological polar surface area (TPSA) is 73.3 Å². The molecule has 2 aliphatic rings. The molecule has 0 bridgehead atoms. The van der Waals surface area contributed by atoms with E-state index in [1.165, 1.54) is 12.1 Å². The lowest BCUT2D eigenvalue weighted by Gasteiger charge is -2.36. The Morgan fingerprint density at radius 1 is 1.06 bits per heavy atom. The third kappa shape index (κ3) is 4.21. The SMILES string of the molecule is CC1=NS(=O)(=O)c2cc(C(=O)N3CCN(c4ccccc4F)CC3)ccc2N1CC(C)C. The second kappa shape index (κ2) is 8.54. The highest BCUT2D eigenvalue weighted by Gasteiger charge is 2.31. The first-order valence-electron chi connectivity index (χ1n) is 10.7. The summed E-state index contributed by atoms with van der Waals surface area (Å²) >= 11 is 0. The molecule has 2 aromatic rings. The maximum Gasteiger partial charge on any atom is 0.286 e. The Kier molecular flexibility index (Phi) is 5.94. The van der Waals surface area contributed by atoms with Crippen molar-refractivity contribution in [3.05, 3.63) is 53.8 Å². The lowest BCUT2D eigenvalue weighted by molar-refractivity contribution is 0.0746. The zero-order valence-corrected chi connectivity index (χ0v) is 19.3. The molecule has 4 rings (SSSR count). The Morgan fingerprint density at radius 3 is 2.41 bits per heavy atom. The summed E-state index contributed by atoms with van der Waals surface area (Å²) in [5, 5.41) is 0. The van der Waals surface area contributed by atoms with E-state index in [9.17, 15) is 17.6 Å². The van der Waals surface area contributed by atoms with Crippen LogP contribution in [-0.2, 0) is 10.0 Å². The molecule has 1 fully saturated rings. The fourth-order valence-electron chi connectivity index (χ4n) is 4.16. The minimum atomic E-state index is -3.87. The van der Waals surface area contributed by atoms with E-state index in [0.717, 1.165) is 0 Å².